The summed E-state index contributed by atoms with van der Waals surface area (Å²) < 4.78 is 14.5. The van der Waals surface area contributed by atoms with Gasteiger partial charge in [0.15, 0.2) is 0 Å². The van der Waals surface area contributed by atoms with Crippen LogP contribution in [0.1, 0.15) is 5.56 Å². The number of hydrogen-bond donors (Lipinski definition) is 1. The van der Waals surface area contributed by atoms with Crippen LogP contribution in [-0.4, -0.2) is 25.0 Å². The summed E-state index contributed by atoms with van der Waals surface area (Å²) in [5, 5.41) is 5.26. The van der Waals surface area contributed by atoms with E-state index >= 15 is 0 Å². The van der Waals surface area contributed by atoms with Gasteiger partial charge >= 0.3 is 0 Å². The minimum absolute atomic E-state index is 0.202. The van der Waals surface area contributed by atoms with Crippen LogP contribution in [0.15, 0.2) is 39.5 Å². The van der Waals surface area contributed by atoms with Gasteiger partial charge in [-0.2, -0.15) is 0 Å². The first-order chi connectivity index (χ1) is 9.15. The van der Waals surface area contributed by atoms with Crippen LogP contribution in [0.25, 0.3) is 0 Å². The molecule has 0 aliphatic heterocycles. The second kappa shape index (κ2) is 7.03. The lowest BCUT2D eigenvalue weighted by Crippen LogP contribution is -2.24. The second-order valence-corrected chi connectivity index (χ2v) is 6.69. The minimum Gasteiger partial charge on any atom is -0.381 e. The molecule has 1 heterocycles. The van der Waals surface area contributed by atoms with Gasteiger partial charge in [-0.25, -0.2) is 4.39 Å². The van der Waals surface area contributed by atoms with E-state index in [0.29, 0.717) is 5.69 Å². The highest BCUT2D eigenvalue weighted by molar-refractivity contribution is 9.11. The second-order valence-electron chi connectivity index (χ2n) is 4.40. The normalized spacial score (nSPS) is 10.9. The minimum atomic E-state index is -0.202. The Morgan fingerprint density at radius 3 is 2.84 bits per heavy atom. The quantitative estimate of drug-likeness (QED) is 0.846. The van der Waals surface area contributed by atoms with E-state index in [-0.39, 0.29) is 5.82 Å². The van der Waals surface area contributed by atoms with Crippen molar-refractivity contribution in [2.45, 2.75) is 6.54 Å². The molecule has 1 aromatic carbocycles. The molecule has 102 valence electrons. The van der Waals surface area contributed by atoms with Crippen molar-refractivity contribution < 1.29 is 4.39 Å². The Hall–Kier alpha value is -0.910. The fourth-order valence-electron chi connectivity index (χ4n) is 1.81. The molecule has 0 fully saturated rings. The number of nitrogens with one attached hydrogen (secondary N) is 1. The van der Waals surface area contributed by atoms with Crippen LogP contribution in [0.5, 0.6) is 0 Å². The van der Waals surface area contributed by atoms with Gasteiger partial charge in [-0.15, -0.1) is 11.3 Å². The molecule has 0 aliphatic rings. The SMILES string of the molecule is CN(CCNc1ccccc1F)Cc1csc(Br)c1. The molecule has 0 spiro atoms. The highest BCUT2D eigenvalue weighted by atomic mass is 79.9. The van der Waals surface area contributed by atoms with Gasteiger partial charge in [0.25, 0.3) is 0 Å². The van der Waals surface area contributed by atoms with Crippen molar-refractivity contribution in [2.24, 2.45) is 0 Å². The lowest BCUT2D eigenvalue weighted by Gasteiger charge is -2.16. The summed E-state index contributed by atoms with van der Waals surface area (Å²) in [6, 6.07) is 8.88. The van der Waals surface area contributed by atoms with E-state index < -0.39 is 0 Å². The van der Waals surface area contributed by atoms with Crippen LogP contribution >= 0.6 is 27.3 Å². The summed E-state index contributed by atoms with van der Waals surface area (Å²) in [7, 11) is 2.06. The first-order valence-electron chi connectivity index (χ1n) is 6.05. The van der Waals surface area contributed by atoms with Gasteiger partial charge in [0.2, 0.25) is 0 Å². The molecular weight excluding hydrogens is 327 g/mol. The average molecular weight is 343 g/mol. The maximum Gasteiger partial charge on any atom is 0.146 e. The first kappa shape index (κ1) is 14.5. The molecular formula is C14H16BrFN2S. The molecule has 0 bridgehead atoms. The Balaban J connectivity index is 1.75. The Kier molecular flexibility index (Phi) is 5.36. The molecule has 2 nitrogen and oxygen atoms in total. The number of thiophene rings is 1. The molecule has 19 heavy (non-hydrogen) atoms. The fraction of sp³-hybridized carbons (Fsp3) is 0.286. The van der Waals surface area contributed by atoms with E-state index in [1.54, 1.807) is 23.5 Å². The Labute approximate surface area is 125 Å². The van der Waals surface area contributed by atoms with E-state index in [0.717, 1.165) is 23.4 Å². The maximum atomic E-state index is 13.4. The molecule has 0 radical (unpaired) electrons. The lowest BCUT2D eigenvalue weighted by molar-refractivity contribution is 0.340. The van der Waals surface area contributed by atoms with Gasteiger partial charge in [-0.05, 0) is 52.1 Å². The van der Waals surface area contributed by atoms with Crippen molar-refractivity contribution in [1.82, 2.24) is 4.90 Å². The van der Waals surface area contributed by atoms with Crippen LogP contribution in [0.2, 0.25) is 0 Å². The number of halogens is 2. The predicted octanol–water partition coefficient (Wildman–Crippen LogP) is 4.19. The zero-order valence-corrected chi connectivity index (χ0v) is 13.1. The molecule has 0 aliphatic carbocycles. The molecule has 0 atom stereocenters. The third-order valence-electron chi connectivity index (χ3n) is 2.76. The fourth-order valence-corrected chi connectivity index (χ4v) is 3.01. The largest absolute Gasteiger partial charge is 0.381 e. The molecule has 2 aromatic rings. The van der Waals surface area contributed by atoms with Crippen molar-refractivity contribution in [3.8, 4) is 0 Å². The monoisotopic (exact) mass is 342 g/mol. The van der Waals surface area contributed by atoms with Crippen LogP contribution in [0.4, 0.5) is 10.1 Å². The lowest BCUT2D eigenvalue weighted by atomic mass is 10.3. The van der Waals surface area contributed by atoms with E-state index in [2.05, 4.69) is 44.6 Å². The van der Waals surface area contributed by atoms with E-state index in [4.69, 9.17) is 0 Å². The summed E-state index contributed by atoms with van der Waals surface area (Å²) >= 11 is 5.15. The molecule has 0 unspecified atom stereocenters. The van der Waals surface area contributed by atoms with Crippen molar-refractivity contribution in [3.63, 3.8) is 0 Å². The van der Waals surface area contributed by atoms with E-state index in [1.165, 1.54) is 11.6 Å². The molecule has 2 rings (SSSR count). The summed E-state index contributed by atoms with van der Waals surface area (Å²) in [5.74, 6) is -0.202. The molecule has 1 aromatic heterocycles. The third-order valence-corrected chi connectivity index (χ3v) is 4.31. The third kappa shape index (κ3) is 4.60. The topological polar surface area (TPSA) is 15.3 Å². The summed E-state index contributed by atoms with van der Waals surface area (Å²) in [4.78, 5) is 2.21. The standard InChI is InChI=1S/C14H16BrFN2S/c1-18(9-11-8-14(15)19-10-11)7-6-17-13-5-3-2-4-12(13)16/h2-5,8,10,17H,6-7,9H2,1H3. The Morgan fingerprint density at radius 2 is 2.16 bits per heavy atom. The summed E-state index contributed by atoms with van der Waals surface area (Å²) in [6.07, 6.45) is 0. The van der Waals surface area contributed by atoms with Crippen molar-refractivity contribution in [2.75, 3.05) is 25.5 Å². The smallest absolute Gasteiger partial charge is 0.146 e. The van der Waals surface area contributed by atoms with Crippen LogP contribution in [0.3, 0.4) is 0 Å². The predicted molar refractivity (Wildman–Crippen MR) is 83.2 cm³/mol. The molecule has 0 saturated carbocycles. The maximum absolute atomic E-state index is 13.4. The Morgan fingerprint density at radius 1 is 1.37 bits per heavy atom. The van der Waals surface area contributed by atoms with Gasteiger partial charge in [0.05, 0.1) is 9.47 Å². The van der Waals surface area contributed by atoms with Gasteiger partial charge in [-0.1, -0.05) is 12.1 Å². The van der Waals surface area contributed by atoms with Crippen molar-refractivity contribution >= 4 is 33.0 Å². The molecule has 5 heteroatoms. The zero-order valence-electron chi connectivity index (χ0n) is 10.7. The van der Waals surface area contributed by atoms with Gasteiger partial charge < -0.3 is 10.2 Å². The number of likely N-dealkylation sites (N-methyl/N-ethyl adjacent to an activating group) is 1. The van der Waals surface area contributed by atoms with Crippen LogP contribution in [-0.2, 0) is 6.54 Å². The zero-order chi connectivity index (χ0) is 13.7. The van der Waals surface area contributed by atoms with Crippen LogP contribution < -0.4 is 5.32 Å². The number of rotatable bonds is 6. The number of hydrogen-bond acceptors (Lipinski definition) is 3. The van der Waals surface area contributed by atoms with Gasteiger partial charge in [0, 0.05) is 19.6 Å². The van der Waals surface area contributed by atoms with Gasteiger partial charge in [-0.3, -0.25) is 0 Å². The van der Waals surface area contributed by atoms with E-state index in [1.807, 2.05) is 6.07 Å². The summed E-state index contributed by atoms with van der Waals surface area (Å²) in [6.45, 7) is 2.49. The average Bonchev–Trinajstić information content (AvgIpc) is 2.77. The molecule has 0 amide bonds. The number of nitrogens with zero attached hydrogens (tertiary/aromatic N) is 1. The summed E-state index contributed by atoms with van der Waals surface area (Å²) in [5.41, 5.74) is 1.86. The number of anilines is 1. The number of para-hydroxylation sites is 1. The molecule has 0 saturated heterocycles. The van der Waals surface area contributed by atoms with E-state index in [9.17, 15) is 4.39 Å². The van der Waals surface area contributed by atoms with Crippen LogP contribution in [0, 0.1) is 5.82 Å². The van der Waals surface area contributed by atoms with Crippen molar-refractivity contribution in [1.29, 1.82) is 0 Å². The number of benzene rings is 1. The van der Waals surface area contributed by atoms with Gasteiger partial charge in [0.1, 0.15) is 5.82 Å². The Bertz CT molecular complexity index is 530. The highest BCUT2D eigenvalue weighted by Gasteiger charge is 2.03. The highest BCUT2D eigenvalue weighted by Crippen LogP contribution is 2.21. The molecule has 1 N–H and O–H groups in total. The van der Waals surface area contributed by atoms with Crippen molar-refractivity contribution in [3.05, 3.63) is 50.9 Å². The first-order valence-corrected chi connectivity index (χ1v) is 7.72.